The second-order valence-corrected chi connectivity index (χ2v) is 6.16. The third kappa shape index (κ3) is 9.70. The zero-order valence-corrected chi connectivity index (χ0v) is 13.8. The van der Waals surface area contributed by atoms with Crippen LogP contribution >= 0.6 is 0 Å². The van der Waals surface area contributed by atoms with Crippen LogP contribution < -0.4 is 17.7 Å². The van der Waals surface area contributed by atoms with Crippen LogP contribution in [0.3, 0.4) is 0 Å². The topological polar surface area (TPSA) is 25.8 Å². The lowest BCUT2D eigenvalue weighted by Gasteiger charge is -2.31. The lowest BCUT2D eigenvalue weighted by Crippen LogP contribution is -3.00. The first-order valence-electron chi connectivity index (χ1n) is 8.22. The third-order valence-electron chi connectivity index (χ3n) is 4.16. The average molecular weight is 292 g/mol. The molecule has 2 nitrogen and oxygen atoms in total. The molecule has 0 bridgehead atoms. The molecule has 0 aromatic heterocycles. The van der Waals surface area contributed by atoms with Crippen molar-refractivity contribution in [3.63, 3.8) is 0 Å². The number of rotatable bonds is 10. The zero-order valence-electron chi connectivity index (χ0n) is 13.1. The fourth-order valence-electron chi connectivity index (χ4n) is 2.84. The van der Waals surface area contributed by atoms with Crippen LogP contribution in [0.25, 0.3) is 0 Å². The van der Waals surface area contributed by atoms with E-state index < -0.39 is 0 Å². The van der Waals surface area contributed by atoms with Gasteiger partial charge in [-0.05, 0) is 13.3 Å². The summed E-state index contributed by atoms with van der Waals surface area (Å²) < 4.78 is 5.91. The predicted molar refractivity (Wildman–Crippen MR) is 77.9 cm³/mol. The molecule has 3 heteroatoms. The van der Waals surface area contributed by atoms with Crippen molar-refractivity contribution < 1.29 is 22.5 Å². The van der Waals surface area contributed by atoms with E-state index in [1.807, 2.05) is 0 Å². The summed E-state index contributed by atoms with van der Waals surface area (Å²) >= 11 is 0. The average Bonchev–Trinajstić information content (AvgIpc) is 2.38. The lowest BCUT2D eigenvalue weighted by atomic mass is 9.96. The number of hydrogen-bond acceptors (Lipinski definition) is 1. The minimum Gasteiger partial charge on any atom is -1.00 e. The van der Waals surface area contributed by atoms with Crippen molar-refractivity contribution in [2.45, 2.75) is 83.7 Å². The molecule has 19 heavy (non-hydrogen) atoms. The van der Waals surface area contributed by atoms with Gasteiger partial charge in [-0.25, -0.2) is 0 Å². The Labute approximate surface area is 126 Å². The number of halogens is 1. The Bertz CT molecular complexity index is 193. The van der Waals surface area contributed by atoms with Crippen molar-refractivity contribution in [1.82, 2.24) is 0 Å². The number of unbranched alkanes of at least 4 members (excludes halogenated alkanes) is 8. The molecule has 1 saturated heterocycles. The van der Waals surface area contributed by atoms with Crippen molar-refractivity contribution >= 4 is 0 Å². The van der Waals surface area contributed by atoms with E-state index in [0.29, 0.717) is 0 Å². The van der Waals surface area contributed by atoms with Crippen molar-refractivity contribution in [1.29, 1.82) is 0 Å². The summed E-state index contributed by atoms with van der Waals surface area (Å²) in [4.78, 5) is 0. The normalized spacial score (nSPS) is 23.1. The summed E-state index contributed by atoms with van der Waals surface area (Å²) in [6.45, 7) is 7.81. The minimum absolute atomic E-state index is 0. The molecule has 1 rings (SSSR count). The summed E-state index contributed by atoms with van der Waals surface area (Å²) in [6.07, 6.45) is 14.0. The molecule has 0 aliphatic carbocycles. The fourth-order valence-corrected chi connectivity index (χ4v) is 2.84. The molecule has 0 aromatic carbocycles. The molecule has 0 saturated carbocycles. The highest BCUT2D eigenvalue weighted by Crippen LogP contribution is 2.19. The van der Waals surface area contributed by atoms with Crippen LogP contribution in [0.4, 0.5) is 0 Å². The first kappa shape index (κ1) is 19.2. The molecule has 2 N–H and O–H groups in total. The molecule has 0 radical (unpaired) electrons. The molecule has 0 amide bonds. The highest BCUT2D eigenvalue weighted by molar-refractivity contribution is 4.75. The Kier molecular flexibility index (Phi) is 12.1. The summed E-state index contributed by atoms with van der Waals surface area (Å²) in [5, 5.41) is 2.40. The summed E-state index contributed by atoms with van der Waals surface area (Å²) in [7, 11) is 0. The van der Waals surface area contributed by atoms with Gasteiger partial charge in [0.1, 0.15) is 12.1 Å². The van der Waals surface area contributed by atoms with Gasteiger partial charge < -0.3 is 22.5 Å². The highest BCUT2D eigenvalue weighted by Gasteiger charge is 2.29. The van der Waals surface area contributed by atoms with Crippen LogP contribution in [0, 0.1) is 0 Å². The number of morpholine rings is 1. The van der Waals surface area contributed by atoms with Crippen LogP contribution in [-0.2, 0) is 4.74 Å². The van der Waals surface area contributed by atoms with E-state index in [1.165, 1.54) is 64.2 Å². The van der Waals surface area contributed by atoms with E-state index in [-0.39, 0.29) is 18.0 Å². The summed E-state index contributed by atoms with van der Waals surface area (Å²) in [6, 6.07) is 0. The van der Waals surface area contributed by atoms with Crippen molar-refractivity contribution in [2.75, 3.05) is 19.7 Å². The second-order valence-electron chi connectivity index (χ2n) is 6.16. The Hall–Kier alpha value is 0.210. The highest BCUT2D eigenvalue weighted by atomic mass is 35.5. The molecule has 1 fully saturated rings. The molecule has 1 heterocycles. The molecule has 1 aliphatic heterocycles. The van der Waals surface area contributed by atoms with Crippen LogP contribution in [-0.4, -0.2) is 25.3 Å². The Morgan fingerprint density at radius 3 is 2.05 bits per heavy atom. The van der Waals surface area contributed by atoms with Gasteiger partial charge in [-0.1, -0.05) is 64.7 Å². The van der Waals surface area contributed by atoms with Gasteiger partial charge in [0.05, 0.1) is 13.2 Å². The van der Waals surface area contributed by atoms with Crippen molar-refractivity contribution in [3.8, 4) is 0 Å². The van der Waals surface area contributed by atoms with Crippen molar-refractivity contribution in [2.24, 2.45) is 0 Å². The Morgan fingerprint density at radius 1 is 0.947 bits per heavy atom. The van der Waals surface area contributed by atoms with E-state index in [1.54, 1.807) is 0 Å². The van der Waals surface area contributed by atoms with E-state index in [2.05, 4.69) is 19.2 Å². The van der Waals surface area contributed by atoms with E-state index in [4.69, 9.17) is 4.74 Å². The van der Waals surface area contributed by atoms with E-state index in [0.717, 1.165) is 19.7 Å². The molecule has 0 aromatic rings. The van der Waals surface area contributed by atoms with Gasteiger partial charge in [0, 0.05) is 0 Å². The molecule has 0 spiro atoms. The SMILES string of the molecule is CCCCCCCCCCCC1(C)C[NH2+]CCO1.[Cl-]. The van der Waals surface area contributed by atoms with E-state index in [9.17, 15) is 0 Å². The maximum Gasteiger partial charge on any atom is 0.114 e. The van der Waals surface area contributed by atoms with Gasteiger partial charge in [-0.2, -0.15) is 0 Å². The lowest BCUT2D eigenvalue weighted by molar-refractivity contribution is -0.685. The Morgan fingerprint density at radius 2 is 1.53 bits per heavy atom. The molecule has 1 aliphatic rings. The Balaban J connectivity index is 0.00000324. The van der Waals surface area contributed by atoms with Crippen LogP contribution in [0.5, 0.6) is 0 Å². The van der Waals surface area contributed by atoms with Gasteiger partial charge >= 0.3 is 0 Å². The molecular formula is C16H34ClNO. The van der Waals surface area contributed by atoms with Crippen LogP contribution in [0.2, 0.25) is 0 Å². The first-order valence-corrected chi connectivity index (χ1v) is 8.22. The van der Waals surface area contributed by atoms with Gasteiger partial charge in [-0.15, -0.1) is 0 Å². The van der Waals surface area contributed by atoms with Gasteiger partial charge in [-0.3, -0.25) is 0 Å². The van der Waals surface area contributed by atoms with Gasteiger partial charge in [0.2, 0.25) is 0 Å². The third-order valence-corrected chi connectivity index (χ3v) is 4.16. The summed E-state index contributed by atoms with van der Waals surface area (Å²) in [5.41, 5.74) is 0.166. The monoisotopic (exact) mass is 291 g/mol. The molecule has 1 unspecified atom stereocenters. The summed E-state index contributed by atoms with van der Waals surface area (Å²) in [5.74, 6) is 0. The smallest absolute Gasteiger partial charge is 0.114 e. The maximum atomic E-state index is 5.91. The largest absolute Gasteiger partial charge is 1.00 e. The van der Waals surface area contributed by atoms with Gasteiger partial charge in [0.15, 0.2) is 0 Å². The molecule has 116 valence electrons. The van der Waals surface area contributed by atoms with Crippen LogP contribution in [0.15, 0.2) is 0 Å². The number of nitrogens with two attached hydrogens (primary N) is 1. The quantitative estimate of drug-likeness (QED) is 0.574. The molecule has 1 atom stereocenters. The fraction of sp³-hybridized carbons (Fsp3) is 1.00. The van der Waals surface area contributed by atoms with Crippen molar-refractivity contribution in [3.05, 3.63) is 0 Å². The first-order chi connectivity index (χ1) is 8.77. The number of ether oxygens (including phenoxy) is 1. The van der Waals surface area contributed by atoms with Crippen LogP contribution in [0.1, 0.15) is 78.1 Å². The second kappa shape index (κ2) is 12.0. The number of quaternary nitrogens is 1. The van der Waals surface area contributed by atoms with E-state index >= 15 is 0 Å². The van der Waals surface area contributed by atoms with Gasteiger partial charge in [0.25, 0.3) is 0 Å². The number of hydrogen-bond donors (Lipinski definition) is 1. The predicted octanol–water partition coefficient (Wildman–Crippen LogP) is 0.264. The standard InChI is InChI=1S/C16H33NO.ClH/c1-3-4-5-6-7-8-9-10-11-12-16(2)15-17-13-14-18-16;/h17H,3-15H2,1-2H3;1H. The maximum absolute atomic E-state index is 5.91. The minimum atomic E-state index is 0. The zero-order chi connectivity index (χ0) is 13.1. The molecular weight excluding hydrogens is 258 g/mol.